The highest BCUT2D eigenvalue weighted by atomic mass is 16.5. The summed E-state index contributed by atoms with van der Waals surface area (Å²) >= 11 is 0. The molecule has 0 aromatic heterocycles. The predicted octanol–water partition coefficient (Wildman–Crippen LogP) is 2.59. The quantitative estimate of drug-likeness (QED) is 0.388. The van der Waals surface area contributed by atoms with E-state index in [0.29, 0.717) is 6.42 Å². The van der Waals surface area contributed by atoms with Gasteiger partial charge in [0, 0.05) is 6.42 Å². The Balaban J connectivity index is 3.39. The largest absolute Gasteiger partial charge is 0.469 e. The fourth-order valence-corrected chi connectivity index (χ4v) is 0.945. The molecule has 0 aliphatic rings. The molecule has 3 nitrogen and oxygen atoms in total. The van der Waals surface area contributed by atoms with Gasteiger partial charge in [0.05, 0.1) is 12.6 Å². The Morgan fingerprint density at radius 1 is 1.36 bits per heavy atom. The number of unbranched alkanes of at least 4 members (excludes halogenated alkanes) is 2. The molecule has 0 amide bonds. The van der Waals surface area contributed by atoms with E-state index in [9.17, 15) is 4.79 Å². The van der Waals surface area contributed by atoms with Crippen molar-refractivity contribution in [1.29, 1.82) is 0 Å². The molecular formula is C11H21NO2. The molecule has 0 aliphatic heterocycles. The van der Waals surface area contributed by atoms with E-state index in [4.69, 9.17) is 0 Å². The number of rotatable bonds is 5. The first-order chi connectivity index (χ1) is 6.45. The molecule has 14 heavy (non-hydrogen) atoms. The molecule has 0 rings (SSSR count). The summed E-state index contributed by atoms with van der Waals surface area (Å²) in [6.45, 7) is 6.20. The summed E-state index contributed by atoms with van der Waals surface area (Å²) in [5, 5.41) is 0. The van der Waals surface area contributed by atoms with Crippen LogP contribution in [0, 0.1) is 0 Å². The van der Waals surface area contributed by atoms with Crippen LogP contribution in [0.2, 0.25) is 0 Å². The average Bonchev–Trinajstić information content (AvgIpc) is 2.08. The van der Waals surface area contributed by atoms with Gasteiger partial charge in [0.2, 0.25) is 0 Å². The van der Waals surface area contributed by atoms with Crippen LogP contribution in [0.5, 0.6) is 0 Å². The molecule has 0 N–H and O–H groups in total. The number of carbonyl (C=O) groups is 1. The van der Waals surface area contributed by atoms with E-state index in [1.807, 2.05) is 6.21 Å². The minimum absolute atomic E-state index is 0.0162. The minimum Gasteiger partial charge on any atom is -0.469 e. The number of hydrogen-bond donors (Lipinski definition) is 0. The molecule has 0 spiro atoms. The van der Waals surface area contributed by atoms with Crippen LogP contribution >= 0.6 is 0 Å². The van der Waals surface area contributed by atoms with Gasteiger partial charge in [-0.2, -0.15) is 0 Å². The maximum atomic E-state index is 10.7. The van der Waals surface area contributed by atoms with Crippen molar-refractivity contribution >= 4 is 12.2 Å². The van der Waals surface area contributed by atoms with Crippen molar-refractivity contribution in [1.82, 2.24) is 0 Å². The van der Waals surface area contributed by atoms with Crippen LogP contribution in [0.15, 0.2) is 4.99 Å². The molecule has 0 heterocycles. The van der Waals surface area contributed by atoms with E-state index in [1.165, 1.54) is 7.11 Å². The molecule has 3 heteroatoms. The summed E-state index contributed by atoms with van der Waals surface area (Å²) in [4.78, 5) is 15.1. The highest BCUT2D eigenvalue weighted by Gasteiger charge is 2.04. The molecule has 0 atom stereocenters. The number of aliphatic imine (C=N–C) groups is 1. The monoisotopic (exact) mass is 199 g/mol. The number of esters is 1. The maximum absolute atomic E-state index is 10.7. The average molecular weight is 199 g/mol. The second-order valence-electron chi connectivity index (χ2n) is 4.30. The van der Waals surface area contributed by atoms with Gasteiger partial charge in [0.25, 0.3) is 0 Å². The van der Waals surface area contributed by atoms with E-state index < -0.39 is 0 Å². The lowest BCUT2D eigenvalue weighted by Gasteiger charge is -2.10. The van der Waals surface area contributed by atoms with Gasteiger partial charge in [-0.05, 0) is 46.2 Å². The lowest BCUT2D eigenvalue weighted by Crippen LogP contribution is -2.09. The summed E-state index contributed by atoms with van der Waals surface area (Å²) in [5.74, 6) is -0.127. The van der Waals surface area contributed by atoms with Crippen LogP contribution in [0.4, 0.5) is 0 Å². The van der Waals surface area contributed by atoms with Crippen molar-refractivity contribution in [3.8, 4) is 0 Å². The van der Waals surface area contributed by atoms with Gasteiger partial charge in [0.15, 0.2) is 0 Å². The van der Waals surface area contributed by atoms with Gasteiger partial charge < -0.3 is 4.74 Å². The molecule has 0 radical (unpaired) electrons. The predicted molar refractivity (Wildman–Crippen MR) is 58.7 cm³/mol. The highest BCUT2D eigenvalue weighted by Crippen LogP contribution is 2.06. The molecule has 82 valence electrons. The third-order valence-corrected chi connectivity index (χ3v) is 1.67. The van der Waals surface area contributed by atoms with E-state index in [1.54, 1.807) is 0 Å². The summed E-state index contributed by atoms with van der Waals surface area (Å²) in [7, 11) is 1.42. The Hall–Kier alpha value is -0.860. The fourth-order valence-electron chi connectivity index (χ4n) is 0.945. The smallest absolute Gasteiger partial charge is 0.305 e. The molecule has 0 aliphatic carbocycles. The lowest BCUT2D eigenvalue weighted by molar-refractivity contribution is -0.140. The van der Waals surface area contributed by atoms with Crippen molar-refractivity contribution < 1.29 is 9.53 Å². The van der Waals surface area contributed by atoms with E-state index in [2.05, 4.69) is 30.5 Å². The van der Waals surface area contributed by atoms with Gasteiger partial charge in [-0.25, -0.2) is 0 Å². The van der Waals surface area contributed by atoms with Gasteiger partial charge in [-0.3, -0.25) is 9.79 Å². The summed E-state index contributed by atoms with van der Waals surface area (Å²) in [6.07, 6.45) is 5.27. The second-order valence-corrected chi connectivity index (χ2v) is 4.30. The SMILES string of the molecule is COC(=O)CCCC/C=N/C(C)(C)C. The lowest BCUT2D eigenvalue weighted by atomic mass is 10.1. The molecule has 0 fully saturated rings. The standard InChI is InChI=1S/C11H21NO2/c1-11(2,3)12-9-7-5-6-8-10(13)14-4/h9H,5-8H2,1-4H3/b12-9+. The first-order valence-electron chi connectivity index (χ1n) is 5.06. The third kappa shape index (κ3) is 9.23. The van der Waals surface area contributed by atoms with E-state index >= 15 is 0 Å². The molecule has 0 aromatic rings. The Morgan fingerprint density at radius 2 is 2.00 bits per heavy atom. The first kappa shape index (κ1) is 13.1. The van der Waals surface area contributed by atoms with Gasteiger partial charge in [-0.1, -0.05) is 0 Å². The van der Waals surface area contributed by atoms with Crippen molar-refractivity contribution in [3.05, 3.63) is 0 Å². The number of ether oxygens (including phenoxy) is 1. The van der Waals surface area contributed by atoms with Gasteiger partial charge >= 0.3 is 5.97 Å². The highest BCUT2D eigenvalue weighted by molar-refractivity contribution is 5.69. The Kier molecular flexibility index (Phi) is 6.17. The van der Waals surface area contributed by atoms with Crippen LogP contribution in [0.25, 0.3) is 0 Å². The summed E-state index contributed by atoms with van der Waals surface area (Å²) in [5.41, 5.74) is 0.0162. The molecule has 0 unspecified atom stereocenters. The normalized spacial score (nSPS) is 12.0. The van der Waals surface area contributed by atoms with Gasteiger partial charge in [-0.15, -0.1) is 0 Å². The Morgan fingerprint density at radius 3 is 2.50 bits per heavy atom. The maximum Gasteiger partial charge on any atom is 0.305 e. The van der Waals surface area contributed by atoms with E-state index in [-0.39, 0.29) is 11.5 Å². The van der Waals surface area contributed by atoms with Crippen LogP contribution in [-0.4, -0.2) is 24.8 Å². The number of nitrogens with zero attached hydrogens (tertiary/aromatic N) is 1. The second kappa shape index (κ2) is 6.57. The summed E-state index contributed by atoms with van der Waals surface area (Å²) in [6, 6.07) is 0. The molecule has 0 bridgehead atoms. The Labute approximate surface area is 86.6 Å². The van der Waals surface area contributed by atoms with Crippen molar-refractivity contribution in [2.24, 2.45) is 4.99 Å². The van der Waals surface area contributed by atoms with Crippen molar-refractivity contribution in [2.45, 2.75) is 52.0 Å². The summed E-state index contributed by atoms with van der Waals surface area (Å²) < 4.78 is 4.54. The number of methoxy groups -OCH3 is 1. The van der Waals surface area contributed by atoms with Crippen LogP contribution in [0.3, 0.4) is 0 Å². The van der Waals surface area contributed by atoms with Crippen molar-refractivity contribution in [3.63, 3.8) is 0 Å². The molecular weight excluding hydrogens is 178 g/mol. The topological polar surface area (TPSA) is 38.7 Å². The molecule has 0 saturated carbocycles. The zero-order chi connectivity index (χ0) is 11.0. The molecule has 0 saturated heterocycles. The first-order valence-corrected chi connectivity index (χ1v) is 5.06. The third-order valence-electron chi connectivity index (χ3n) is 1.67. The zero-order valence-electron chi connectivity index (χ0n) is 9.67. The minimum atomic E-state index is -0.127. The van der Waals surface area contributed by atoms with E-state index in [0.717, 1.165) is 19.3 Å². The fraction of sp³-hybridized carbons (Fsp3) is 0.818. The zero-order valence-corrected chi connectivity index (χ0v) is 9.67. The van der Waals surface area contributed by atoms with Gasteiger partial charge in [0.1, 0.15) is 0 Å². The molecule has 0 aromatic carbocycles. The number of carbonyl (C=O) groups excluding carboxylic acids is 1. The number of hydrogen-bond acceptors (Lipinski definition) is 3. The Bertz CT molecular complexity index is 192. The van der Waals surface area contributed by atoms with Crippen molar-refractivity contribution in [2.75, 3.05) is 7.11 Å². The van der Waals surface area contributed by atoms with Crippen LogP contribution in [0.1, 0.15) is 46.5 Å². The van der Waals surface area contributed by atoms with Crippen LogP contribution in [-0.2, 0) is 9.53 Å². The van der Waals surface area contributed by atoms with Crippen LogP contribution < -0.4 is 0 Å².